The summed E-state index contributed by atoms with van der Waals surface area (Å²) < 4.78 is 15.3. The number of anilines is 1. The van der Waals surface area contributed by atoms with Crippen molar-refractivity contribution in [2.75, 3.05) is 5.32 Å². The van der Waals surface area contributed by atoms with Crippen molar-refractivity contribution in [2.45, 2.75) is 62.9 Å². The number of aryl methyl sites for hydroxylation is 1. The van der Waals surface area contributed by atoms with Crippen molar-refractivity contribution in [3.8, 4) is 0 Å². The fraction of sp³-hybridized carbons (Fsp3) is 0.429. The highest BCUT2D eigenvalue weighted by Gasteiger charge is 2.26. The van der Waals surface area contributed by atoms with Crippen LogP contribution in [0.15, 0.2) is 29.3 Å². The van der Waals surface area contributed by atoms with E-state index in [-0.39, 0.29) is 4.90 Å². The number of rotatable bonds is 4. The summed E-state index contributed by atoms with van der Waals surface area (Å²) in [7, 11) is -3.65. The molecule has 4 rings (SSSR count). The molecule has 0 saturated heterocycles. The van der Waals surface area contributed by atoms with E-state index in [4.69, 9.17) is 5.14 Å². The number of benzene rings is 1. The predicted octanol–water partition coefficient (Wildman–Crippen LogP) is 2.27. The summed E-state index contributed by atoms with van der Waals surface area (Å²) in [5.74, 6) is 0. The van der Waals surface area contributed by atoms with E-state index in [1.54, 1.807) is 19.9 Å². The molecule has 8 heteroatoms. The van der Waals surface area contributed by atoms with Gasteiger partial charge < -0.3 is 10.4 Å². The van der Waals surface area contributed by atoms with Gasteiger partial charge >= 0.3 is 6.03 Å². The van der Waals surface area contributed by atoms with E-state index in [9.17, 15) is 14.1 Å². The molecule has 0 unspecified atom stereocenters. The lowest BCUT2D eigenvalue weighted by molar-refractivity contribution is 0.0737. The average molecular weight is 417 g/mol. The molecule has 0 saturated carbocycles. The highest BCUT2D eigenvalue weighted by molar-refractivity contribution is 7.99. The maximum absolute atomic E-state index is 12.9. The van der Waals surface area contributed by atoms with Crippen LogP contribution in [0.2, 0.25) is 0 Å². The summed E-state index contributed by atoms with van der Waals surface area (Å²) in [6.07, 6.45) is 7.74. The molecule has 29 heavy (non-hydrogen) atoms. The van der Waals surface area contributed by atoms with E-state index in [0.717, 1.165) is 44.2 Å². The SMILES string of the molecule is CC(C)(O)c1ccc([SH](N)(=O)NC(=O)Nc2cc3c(c4c2CCC4)CCC3)cn1. The van der Waals surface area contributed by atoms with Gasteiger partial charge in [0.2, 0.25) is 0 Å². The van der Waals surface area contributed by atoms with E-state index in [1.165, 1.54) is 34.5 Å². The number of fused-ring (bicyclic) bond motifs is 3. The largest absolute Gasteiger partial charge is 0.384 e. The van der Waals surface area contributed by atoms with Crippen LogP contribution in [0.25, 0.3) is 0 Å². The Hall–Kier alpha value is -2.29. The van der Waals surface area contributed by atoms with E-state index < -0.39 is 21.9 Å². The lowest BCUT2D eigenvalue weighted by atomic mass is 9.98. The summed E-state index contributed by atoms with van der Waals surface area (Å²) in [5.41, 5.74) is 5.47. The van der Waals surface area contributed by atoms with Crippen LogP contribution in [-0.2, 0) is 41.6 Å². The van der Waals surface area contributed by atoms with Gasteiger partial charge in [0.05, 0.1) is 10.6 Å². The summed E-state index contributed by atoms with van der Waals surface area (Å²) in [6, 6.07) is 4.55. The smallest absolute Gasteiger partial charge is 0.330 e. The third-order valence-corrected chi connectivity index (χ3v) is 7.33. The molecule has 2 aliphatic rings. The lowest BCUT2D eigenvalue weighted by Gasteiger charge is -2.23. The molecule has 0 aliphatic heterocycles. The number of nitrogens with zero attached hydrogens (tertiary/aromatic N) is 1. The Morgan fingerprint density at radius 2 is 1.83 bits per heavy atom. The second kappa shape index (κ2) is 7.19. The van der Waals surface area contributed by atoms with Crippen LogP contribution in [0, 0.1) is 0 Å². The van der Waals surface area contributed by atoms with Crippen LogP contribution >= 0.6 is 0 Å². The third-order valence-electron chi connectivity index (χ3n) is 5.76. The summed E-state index contributed by atoms with van der Waals surface area (Å²) in [6.45, 7) is 3.22. The maximum Gasteiger partial charge on any atom is 0.330 e. The number of nitrogens with two attached hydrogens (primary N) is 1. The van der Waals surface area contributed by atoms with Gasteiger partial charge in [-0.3, -0.25) is 14.8 Å². The van der Waals surface area contributed by atoms with Crippen LogP contribution < -0.4 is 15.2 Å². The van der Waals surface area contributed by atoms with E-state index in [0.29, 0.717) is 5.69 Å². The number of carbonyl (C=O) groups excluding carboxylic acids is 1. The number of hydrogen-bond acceptors (Lipinski definition) is 4. The zero-order valence-corrected chi connectivity index (χ0v) is 17.7. The maximum atomic E-state index is 12.9. The molecular weight excluding hydrogens is 388 g/mol. The third kappa shape index (κ3) is 3.92. The van der Waals surface area contributed by atoms with Crippen molar-refractivity contribution >= 4 is 22.0 Å². The number of pyridine rings is 1. The van der Waals surface area contributed by atoms with E-state index in [2.05, 4.69) is 21.1 Å². The van der Waals surface area contributed by atoms with Gasteiger partial charge in [0.25, 0.3) is 0 Å². The molecule has 7 nitrogen and oxygen atoms in total. The first kappa shape index (κ1) is 20.0. The second-order valence-corrected chi connectivity index (χ2v) is 10.5. The molecule has 0 spiro atoms. The predicted molar refractivity (Wildman–Crippen MR) is 114 cm³/mol. The molecule has 156 valence electrons. The minimum atomic E-state index is -3.65. The molecule has 1 aromatic carbocycles. The van der Waals surface area contributed by atoms with Crippen molar-refractivity contribution in [2.24, 2.45) is 5.14 Å². The van der Waals surface area contributed by atoms with Gasteiger partial charge in [0.1, 0.15) is 5.60 Å². The van der Waals surface area contributed by atoms with Gasteiger partial charge in [-0.25, -0.2) is 9.00 Å². The van der Waals surface area contributed by atoms with Gasteiger partial charge in [-0.2, -0.15) is 0 Å². The molecule has 2 amide bonds. The van der Waals surface area contributed by atoms with Crippen LogP contribution in [-0.4, -0.2) is 20.3 Å². The number of amides is 2. The van der Waals surface area contributed by atoms with Gasteiger partial charge in [-0.15, -0.1) is 0 Å². The molecule has 1 aromatic heterocycles. The Balaban J connectivity index is 1.52. The van der Waals surface area contributed by atoms with Gasteiger partial charge in [0.15, 0.2) is 0 Å². The Bertz CT molecular complexity index is 1010. The van der Waals surface area contributed by atoms with E-state index in [1.807, 2.05) is 0 Å². The highest BCUT2D eigenvalue weighted by atomic mass is 32.3. The molecule has 0 fully saturated rings. The van der Waals surface area contributed by atoms with Crippen LogP contribution in [0.5, 0.6) is 0 Å². The lowest BCUT2D eigenvalue weighted by Crippen LogP contribution is -2.45. The minimum Gasteiger partial charge on any atom is -0.384 e. The Kier molecular flexibility index (Phi) is 4.96. The van der Waals surface area contributed by atoms with Crippen molar-refractivity contribution in [1.29, 1.82) is 0 Å². The van der Waals surface area contributed by atoms with E-state index >= 15 is 0 Å². The molecule has 0 bridgehead atoms. The first-order valence-corrected chi connectivity index (χ1v) is 11.8. The van der Waals surface area contributed by atoms with Crippen molar-refractivity contribution in [1.82, 2.24) is 9.71 Å². The summed E-state index contributed by atoms with van der Waals surface area (Å²) >= 11 is 0. The van der Waals surface area contributed by atoms with Crippen molar-refractivity contribution in [3.05, 3.63) is 52.3 Å². The topological polar surface area (TPSA) is 117 Å². The molecule has 1 heterocycles. The molecule has 2 aromatic rings. The standard InChI is InChI=1S/C21H28N4O3S/c1-21(2,27)19-10-9-14(12-23-19)29(22,28)25-20(26)24-18-11-13-5-3-6-15(13)16-7-4-8-17(16)18/h9-12,27,29H,3-8H2,1-2H3,(H4,22,24,25,26,28). The fourth-order valence-electron chi connectivity index (χ4n) is 4.33. The van der Waals surface area contributed by atoms with Crippen molar-refractivity contribution in [3.63, 3.8) is 0 Å². The zero-order valence-electron chi connectivity index (χ0n) is 16.8. The second-order valence-electron chi connectivity index (χ2n) is 8.41. The van der Waals surface area contributed by atoms with Crippen molar-refractivity contribution < 1.29 is 14.1 Å². The van der Waals surface area contributed by atoms with Gasteiger partial charge in [-0.05, 0) is 92.8 Å². The molecule has 0 atom stereocenters. The highest BCUT2D eigenvalue weighted by Crippen LogP contribution is 2.38. The van der Waals surface area contributed by atoms with Gasteiger partial charge in [-0.1, -0.05) is 0 Å². The average Bonchev–Trinajstić information content (AvgIpc) is 3.29. The fourth-order valence-corrected chi connectivity index (χ4v) is 5.34. The number of carbonyl (C=O) groups is 1. The minimum absolute atomic E-state index is 0.222. The van der Waals surface area contributed by atoms with Crippen LogP contribution in [0.1, 0.15) is 54.6 Å². The summed E-state index contributed by atoms with van der Waals surface area (Å²) in [5, 5.41) is 18.8. The normalized spacial score (nSPS) is 16.3. The first-order valence-electron chi connectivity index (χ1n) is 9.99. The quantitative estimate of drug-likeness (QED) is 0.492. The Labute approximate surface area is 171 Å². The number of nitrogens with one attached hydrogen (secondary N) is 2. The van der Waals surface area contributed by atoms with Crippen LogP contribution in [0.3, 0.4) is 0 Å². The number of hydrogen-bond donors (Lipinski definition) is 5. The van der Waals surface area contributed by atoms with Crippen LogP contribution in [0.4, 0.5) is 10.5 Å². The monoisotopic (exact) mass is 416 g/mol. The zero-order chi connectivity index (χ0) is 20.8. The Morgan fingerprint density at radius 1 is 1.14 bits per heavy atom. The molecule has 0 radical (unpaired) electrons. The molecular formula is C21H28N4O3S. The number of aliphatic hydroxyl groups is 1. The molecule has 2 aliphatic carbocycles. The molecule has 5 N–H and O–H groups in total. The summed E-state index contributed by atoms with van der Waals surface area (Å²) in [4.78, 5) is 16.9. The number of urea groups is 1. The van der Waals surface area contributed by atoms with Gasteiger partial charge in [0, 0.05) is 22.2 Å². The first-order chi connectivity index (χ1) is 13.6. The number of aromatic nitrogens is 1. The number of thiol groups is 1. The Morgan fingerprint density at radius 3 is 2.52 bits per heavy atom.